The Morgan fingerprint density at radius 1 is 1.22 bits per heavy atom. The van der Waals surface area contributed by atoms with Crippen LogP contribution in [0.1, 0.15) is 39.2 Å². The predicted octanol–water partition coefficient (Wildman–Crippen LogP) is 2.85. The van der Waals surface area contributed by atoms with E-state index in [1.54, 1.807) is 0 Å². The van der Waals surface area contributed by atoms with Crippen molar-refractivity contribution in [3.63, 3.8) is 0 Å². The average Bonchev–Trinajstić information content (AvgIpc) is 2.82. The van der Waals surface area contributed by atoms with E-state index in [4.69, 9.17) is 4.74 Å². The van der Waals surface area contributed by atoms with Crippen molar-refractivity contribution in [3.8, 4) is 5.88 Å². The standard InChI is InChI=1S/C15H24N2O/c1-15(2,3)13-6-7-14(16-12-13)18-11-10-17-8-4-5-9-17/h6-7,12H,4-5,8-11H2,1-3H3. The van der Waals surface area contributed by atoms with Gasteiger partial charge in [0.25, 0.3) is 0 Å². The lowest BCUT2D eigenvalue weighted by Gasteiger charge is -2.19. The van der Waals surface area contributed by atoms with Crippen LogP contribution < -0.4 is 4.74 Å². The minimum absolute atomic E-state index is 0.154. The average molecular weight is 248 g/mol. The molecule has 2 rings (SSSR count). The van der Waals surface area contributed by atoms with E-state index in [-0.39, 0.29) is 5.41 Å². The fraction of sp³-hybridized carbons (Fsp3) is 0.667. The molecule has 0 aromatic carbocycles. The molecule has 0 saturated carbocycles. The van der Waals surface area contributed by atoms with Gasteiger partial charge in [0, 0.05) is 18.8 Å². The summed E-state index contributed by atoms with van der Waals surface area (Å²) in [5.74, 6) is 0.738. The number of likely N-dealkylation sites (tertiary alicyclic amines) is 1. The van der Waals surface area contributed by atoms with Crippen molar-refractivity contribution < 1.29 is 4.74 Å². The van der Waals surface area contributed by atoms with Gasteiger partial charge in [-0.25, -0.2) is 4.98 Å². The minimum Gasteiger partial charge on any atom is -0.476 e. The van der Waals surface area contributed by atoms with E-state index in [9.17, 15) is 0 Å². The third kappa shape index (κ3) is 3.70. The molecule has 1 aromatic rings. The lowest BCUT2D eigenvalue weighted by molar-refractivity contribution is 0.232. The molecule has 18 heavy (non-hydrogen) atoms. The number of rotatable bonds is 4. The van der Waals surface area contributed by atoms with Gasteiger partial charge >= 0.3 is 0 Å². The highest BCUT2D eigenvalue weighted by molar-refractivity contribution is 5.23. The second-order valence-electron chi connectivity index (χ2n) is 6.03. The van der Waals surface area contributed by atoms with Gasteiger partial charge in [0.15, 0.2) is 0 Å². The van der Waals surface area contributed by atoms with Crippen LogP contribution >= 0.6 is 0 Å². The molecule has 1 aliphatic heterocycles. The van der Waals surface area contributed by atoms with Crippen molar-refractivity contribution in [2.24, 2.45) is 0 Å². The predicted molar refractivity (Wildman–Crippen MR) is 74.1 cm³/mol. The molecule has 3 nitrogen and oxygen atoms in total. The van der Waals surface area contributed by atoms with E-state index in [0.29, 0.717) is 0 Å². The molecule has 0 aliphatic carbocycles. The highest BCUT2D eigenvalue weighted by atomic mass is 16.5. The number of ether oxygens (including phenoxy) is 1. The van der Waals surface area contributed by atoms with Crippen molar-refractivity contribution in [2.75, 3.05) is 26.2 Å². The zero-order chi connectivity index (χ0) is 13.0. The topological polar surface area (TPSA) is 25.4 Å². The van der Waals surface area contributed by atoms with Crippen molar-refractivity contribution >= 4 is 0 Å². The van der Waals surface area contributed by atoms with Crippen LogP contribution in [0.25, 0.3) is 0 Å². The van der Waals surface area contributed by atoms with Gasteiger partial charge in [-0.1, -0.05) is 26.8 Å². The maximum absolute atomic E-state index is 5.68. The largest absolute Gasteiger partial charge is 0.476 e. The maximum atomic E-state index is 5.68. The molecule has 3 heteroatoms. The molecule has 0 radical (unpaired) electrons. The first-order valence-electron chi connectivity index (χ1n) is 6.87. The van der Waals surface area contributed by atoms with E-state index in [1.165, 1.54) is 31.5 Å². The molecule has 0 N–H and O–H groups in total. The lowest BCUT2D eigenvalue weighted by atomic mass is 9.88. The summed E-state index contributed by atoms with van der Waals surface area (Å²) in [5.41, 5.74) is 1.40. The summed E-state index contributed by atoms with van der Waals surface area (Å²) < 4.78 is 5.68. The summed E-state index contributed by atoms with van der Waals surface area (Å²) in [6, 6.07) is 4.09. The van der Waals surface area contributed by atoms with Crippen LogP contribution in [-0.4, -0.2) is 36.1 Å². The summed E-state index contributed by atoms with van der Waals surface area (Å²) in [6.45, 7) is 10.8. The Balaban J connectivity index is 1.79. The molecule has 100 valence electrons. The van der Waals surface area contributed by atoms with E-state index in [0.717, 1.165) is 19.0 Å². The second-order valence-corrected chi connectivity index (χ2v) is 6.03. The lowest BCUT2D eigenvalue weighted by Crippen LogP contribution is -2.25. The molecule has 0 amide bonds. The molecule has 1 aromatic heterocycles. The van der Waals surface area contributed by atoms with E-state index < -0.39 is 0 Å². The molecule has 1 fully saturated rings. The molecule has 0 unspecified atom stereocenters. The van der Waals surface area contributed by atoms with Crippen LogP contribution in [0, 0.1) is 0 Å². The molecule has 0 spiro atoms. The monoisotopic (exact) mass is 248 g/mol. The van der Waals surface area contributed by atoms with Crippen molar-refractivity contribution in [3.05, 3.63) is 23.9 Å². The third-order valence-corrected chi connectivity index (χ3v) is 3.46. The Labute approximate surface area is 110 Å². The molecule has 1 aliphatic rings. The molecular formula is C15H24N2O. The minimum atomic E-state index is 0.154. The van der Waals surface area contributed by atoms with Crippen molar-refractivity contribution in [1.82, 2.24) is 9.88 Å². The van der Waals surface area contributed by atoms with Crippen LogP contribution in [0.15, 0.2) is 18.3 Å². The van der Waals surface area contributed by atoms with Gasteiger partial charge in [-0.05, 0) is 36.9 Å². The van der Waals surface area contributed by atoms with E-state index >= 15 is 0 Å². The Bertz CT molecular complexity index is 361. The first-order valence-corrected chi connectivity index (χ1v) is 6.87. The number of aromatic nitrogens is 1. The Morgan fingerprint density at radius 3 is 2.50 bits per heavy atom. The van der Waals surface area contributed by atoms with Gasteiger partial charge < -0.3 is 4.74 Å². The molecule has 1 saturated heterocycles. The number of hydrogen-bond acceptors (Lipinski definition) is 3. The third-order valence-electron chi connectivity index (χ3n) is 3.46. The number of pyridine rings is 1. The smallest absolute Gasteiger partial charge is 0.213 e. The normalized spacial score (nSPS) is 17.1. The first kappa shape index (κ1) is 13.3. The van der Waals surface area contributed by atoms with Crippen LogP contribution in [0.3, 0.4) is 0 Å². The zero-order valence-corrected chi connectivity index (χ0v) is 11.8. The quantitative estimate of drug-likeness (QED) is 0.819. The van der Waals surface area contributed by atoms with Crippen LogP contribution in [0.4, 0.5) is 0 Å². The van der Waals surface area contributed by atoms with Gasteiger partial charge in [0.1, 0.15) is 6.61 Å². The highest BCUT2D eigenvalue weighted by Gasteiger charge is 2.14. The van der Waals surface area contributed by atoms with Gasteiger partial charge in [-0.2, -0.15) is 0 Å². The second kappa shape index (κ2) is 5.70. The fourth-order valence-electron chi connectivity index (χ4n) is 2.19. The first-order chi connectivity index (χ1) is 8.55. The number of nitrogens with zero attached hydrogens (tertiary/aromatic N) is 2. The van der Waals surface area contributed by atoms with Gasteiger partial charge in [-0.15, -0.1) is 0 Å². The molecule has 0 bridgehead atoms. The summed E-state index contributed by atoms with van der Waals surface area (Å²) in [6.07, 6.45) is 4.59. The highest BCUT2D eigenvalue weighted by Crippen LogP contribution is 2.22. The van der Waals surface area contributed by atoms with Crippen molar-refractivity contribution in [2.45, 2.75) is 39.0 Å². The zero-order valence-electron chi connectivity index (χ0n) is 11.8. The molecule has 0 atom stereocenters. The van der Waals surface area contributed by atoms with Crippen molar-refractivity contribution in [1.29, 1.82) is 0 Å². The number of hydrogen-bond donors (Lipinski definition) is 0. The van der Waals surface area contributed by atoms with Crippen LogP contribution in [-0.2, 0) is 5.41 Å². The fourth-order valence-corrected chi connectivity index (χ4v) is 2.19. The van der Waals surface area contributed by atoms with Gasteiger partial charge in [0.2, 0.25) is 5.88 Å². The molecule has 2 heterocycles. The maximum Gasteiger partial charge on any atom is 0.213 e. The van der Waals surface area contributed by atoms with Gasteiger partial charge in [0.05, 0.1) is 0 Å². The van der Waals surface area contributed by atoms with E-state index in [1.807, 2.05) is 12.3 Å². The summed E-state index contributed by atoms with van der Waals surface area (Å²) in [7, 11) is 0. The molecular weight excluding hydrogens is 224 g/mol. The van der Waals surface area contributed by atoms with Crippen LogP contribution in [0.2, 0.25) is 0 Å². The Morgan fingerprint density at radius 2 is 1.94 bits per heavy atom. The van der Waals surface area contributed by atoms with E-state index in [2.05, 4.69) is 36.7 Å². The SMILES string of the molecule is CC(C)(C)c1ccc(OCCN2CCCC2)nc1. The Hall–Kier alpha value is -1.09. The Kier molecular flexibility index (Phi) is 4.23. The summed E-state index contributed by atoms with van der Waals surface area (Å²) in [4.78, 5) is 6.82. The summed E-state index contributed by atoms with van der Waals surface area (Å²) >= 11 is 0. The van der Waals surface area contributed by atoms with Crippen LogP contribution in [0.5, 0.6) is 5.88 Å². The van der Waals surface area contributed by atoms with Gasteiger partial charge in [-0.3, -0.25) is 4.90 Å². The summed E-state index contributed by atoms with van der Waals surface area (Å²) in [5, 5.41) is 0.